The molecule has 0 radical (unpaired) electrons. The van der Waals surface area contributed by atoms with E-state index >= 15 is 0 Å². The monoisotopic (exact) mass is 413 g/mol. The van der Waals surface area contributed by atoms with Crippen LogP contribution in [0.25, 0.3) is 0 Å². The number of hydrogen-bond donors (Lipinski definition) is 0. The van der Waals surface area contributed by atoms with Gasteiger partial charge in [-0.1, -0.05) is 0 Å². The molecule has 2 heterocycles. The number of hydrogen-bond acceptors (Lipinski definition) is 6. The van der Waals surface area contributed by atoms with E-state index in [1.807, 2.05) is 4.90 Å². The summed E-state index contributed by atoms with van der Waals surface area (Å²) >= 11 is 0. The van der Waals surface area contributed by atoms with Crippen LogP contribution in [0.5, 0.6) is 5.75 Å². The van der Waals surface area contributed by atoms with Gasteiger partial charge in [0.1, 0.15) is 17.1 Å². The smallest absolute Gasteiger partial charge is 0.420 e. The fraction of sp³-hybridized carbons (Fsp3) is 0.421. The number of carbonyl (C=O) groups excluding carboxylic acids is 1. The minimum absolute atomic E-state index is 0.0287. The number of benzene rings is 1. The Morgan fingerprint density at radius 3 is 2.72 bits per heavy atom. The van der Waals surface area contributed by atoms with E-state index in [2.05, 4.69) is 14.7 Å². The van der Waals surface area contributed by atoms with Crippen molar-refractivity contribution in [3.8, 4) is 5.75 Å². The van der Waals surface area contributed by atoms with Crippen molar-refractivity contribution in [2.75, 3.05) is 31.7 Å². The van der Waals surface area contributed by atoms with E-state index in [1.165, 1.54) is 13.2 Å². The Morgan fingerprint density at radius 2 is 2.03 bits per heavy atom. The summed E-state index contributed by atoms with van der Waals surface area (Å²) in [7, 11) is 1.26. The quantitative estimate of drug-likeness (QED) is 0.551. The van der Waals surface area contributed by atoms with Crippen molar-refractivity contribution in [2.45, 2.75) is 19.5 Å². The van der Waals surface area contributed by atoms with Gasteiger partial charge < -0.3 is 14.4 Å². The van der Waals surface area contributed by atoms with E-state index in [1.54, 1.807) is 6.92 Å². The number of aryl methyl sites for hydroxylation is 1. The number of carbonyl (C=O) groups is 1. The van der Waals surface area contributed by atoms with Crippen molar-refractivity contribution in [3.05, 3.63) is 47.0 Å². The predicted molar refractivity (Wildman–Crippen MR) is 95.3 cm³/mol. The lowest BCUT2D eigenvalue weighted by atomic mass is 10.1. The number of anilines is 1. The minimum atomic E-state index is -4.71. The van der Waals surface area contributed by atoms with Crippen LogP contribution in [0.3, 0.4) is 0 Å². The highest BCUT2D eigenvalue weighted by Crippen LogP contribution is 2.37. The minimum Gasteiger partial charge on any atom is -0.493 e. The summed E-state index contributed by atoms with van der Waals surface area (Å²) in [4.78, 5) is 22.1. The van der Waals surface area contributed by atoms with Crippen LogP contribution in [0.4, 0.5) is 23.5 Å². The zero-order chi connectivity index (χ0) is 21.2. The zero-order valence-corrected chi connectivity index (χ0v) is 15.8. The summed E-state index contributed by atoms with van der Waals surface area (Å²) < 4.78 is 62.5. The fourth-order valence-electron chi connectivity index (χ4n) is 3.11. The Morgan fingerprint density at radius 1 is 1.28 bits per heavy atom. The molecule has 156 valence electrons. The van der Waals surface area contributed by atoms with Gasteiger partial charge in [0, 0.05) is 24.7 Å². The third-order valence-corrected chi connectivity index (χ3v) is 4.53. The van der Waals surface area contributed by atoms with Crippen molar-refractivity contribution < 1.29 is 31.8 Å². The first-order valence-electron chi connectivity index (χ1n) is 8.86. The maximum atomic E-state index is 13.2. The number of nitrogens with zero attached hydrogens (tertiary/aromatic N) is 3. The number of aromatic nitrogens is 2. The van der Waals surface area contributed by atoms with Gasteiger partial charge in [0.05, 0.1) is 13.7 Å². The lowest BCUT2D eigenvalue weighted by molar-refractivity contribution is -0.139. The van der Waals surface area contributed by atoms with Gasteiger partial charge in [0.2, 0.25) is 5.95 Å². The van der Waals surface area contributed by atoms with Crippen LogP contribution in [0.1, 0.15) is 28.2 Å². The van der Waals surface area contributed by atoms with Gasteiger partial charge in [-0.25, -0.2) is 19.2 Å². The molecule has 1 fully saturated rings. The van der Waals surface area contributed by atoms with Crippen molar-refractivity contribution in [1.82, 2.24) is 9.97 Å². The fourth-order valence-corrected chi connectivity index (χ4v) is 3.11. The van der Waals surface area contributed by atoms with Gasteiger partial charge in [0.25, 0.3) is 0 Å². The Labute approximate surface area is 164 Å². The molecule has 1 saturated heterocycles. The van der Waals surface area contributed by atoms with Gasteiger partial charge in [-0.3, -0.25) is 0 Å². The highest BCUT2D eigenvalue weighted by Gasteiger charge is 2.35. The van der Waals surface area contributed by atoms with Crippen molar-refractivity contribution in [1.29, 1.82) is 0 Å². The first-order valence-corrected chi connectivity index (χ1v) is 8.86. The summed E-state index contributed by atoms with van der Waals surface area (Å²) in [6.07, 6.45) is -4.06. The van der Waals surface area contributed by atoms with Crippen LogP contribution in [-0.2, 0) is 10.9 Å². The third kappa shape index (κ3) is 4.93. The number of alkyl halides is 3. The van der Waals surface area contributed by atoms with Crippen LogP contribution in [0.15, 0.2) is 24.3 Å². The van der Waals surface area contributed by atoms with Gasteiger partial charge in [0.15, 0.2) is 5.69 Å². The lowest BCUT2D eigenvalue weighted by Gasteiger charge is -2.18. The first kappa shape index (κ1) is 20.8. The molecule has 1 aromatic heterocycles. The SMILES string of the molecule is COC(=O)c1cc(C)nc(N2CCC(COc3ccc(F)cc3C(F)(F)F)C2)n1. The van der Waals surface area contributed by atoms with Crippen LogP contribution < -0.4 is 9.64 Å². The molecule has 1 aromatic carbocycles. The normalized spacial score (nSPS) is 16.8. The maximum Gasteiger partial charge on any atom is 0.420 e. The summed E-state index contributed by atoms with van der Waals surface area (Å²) in [5, 5.41) is 0. The van der Waals surface area contributed by atoms with Crippen LogP contribution >= 0.6 is 0 Å². The molecule has 1 unspecified atom stereocenters. The second-order valence-corrected chi connectivity index (χ2v) is 6.74. The molecule has 0 saturated carbocycles. The molecule has 29 heavy (non-hydrogen) atoms. The molecule has 1 aliphatic rings. The van der Waals surface area contributed by atoms with Gasteiger partial charge in [-0.05, 0) is 37.6 Å². The van der Waals surface area contributed by atoms with E-state index in [4.69, 9.17) is 4.74 Å². The molecule has 0 N–H and O–H groups in total. The second kappa shape index (κ2) is 8.22. The standard InChI is InChI=1S/C19H19F4N3O3/c1-11-7-15(17(27)28-2)25-18(24-11)26-6-5-12(9-26)10-29-16-4-3-13(20)8-14(16)19(21,22)23/h3-4,7-8,12H,5-6,9-10H2,1-2H3. The van der Waals surface area contributed by atoms with E-state index in [0.29, 0.717) is 37.2 Å². The Bertz CT molecular complexity index is 905. The van der Waals surface area contributed by atoms with Gasteiger partial charge >= 0.3 is 12.1 Å². The molecule has 2 aromatic rings. The van der Waals surface area contributed by atoms with Gasteiger partial charge in [-0.2, -0.15) is 13.2 Å². The second-order valence-electron chi connectivity index (χ2n) is 6.74. The Kier molecular flexibility index (Phi) is 5.90. The molecule has 0 bridgehead atoms. The molecule has 10 heteroatoms. The van der Waals surface area contributed by atoms with E-state index < -0.39 is 29.3 Å². The van der Waals surface area contributed by atoms with Crippen molar-refractivity contribution >= 4 is 11.9 Å². The number of ether oxygens (including phenoxy) is 2. The predicted octanol–water partition coefficient (Wildman–Crippen LogP) is 3.63. The van der Waals surface area contributed by atoms with Crippen molar-refractivity contribution in [3.63, 3.8) is 0 Å². The summed E-state index contributed by atoms with van der Waals surface area (Å²) in [5.74, 6) is -1.68. The largest absolute Gasteiger partial charge is 0.493 e. The van der Waals surface area contributed by atoms with Crippen molar-refractivity contribution in [2.24, 2.45) is 5.92 Å². The van der Waals surface area contributed by atoms with Crippen LogP contribution in [-0.4, -0.2) is 42.7 Å². The Hall–Kier alpha value is -2.91. The molecular weight excluding hydrogens is 394 g/mol. The zero-order valence-electron chi connectivity index (χ0n) is 15.8. The summed E-state index contributed by atoms with van der Waals surface area (Å²) in [6, 6.07) is 3.85. The number of methoxy groups -OCH3 is 1. The number of esters is 1. The average molecular weight is 413 g/mol. The van der Waals surface area contributed by atoms with E-state index in [0.717, 1.165) is 12.1 Å². The van der Waals surface area contributed by atoms with Gasteiger partial charge in [-0.15, -0.1) is 0 Å². The summed E-state index contributed by atoms with van der Waals surface area (Å²) in [6.45, 7) is 2.77. The molecule has 0 aliphatic carbocycles. The number of rotatable bonds is 5. The molecule has 0 amide bonds. The van der Waals surface area contributed by atoms with E-state index in [-0.39, 0.29) is 18.2 Å². The third-order valence-electron chi connectivity index (χ3n) is 4.53. The number of halogens is 4. The topological polar surface area (TPSA) is 64.5 Å². The lowest BCUT2D eigenvalue weighted by Crippen LogP contribution is -2.25. The molecule has 0 spiro atoms. The Balaban J connectivity index is 1.67. The molecule has 6 nitrogen and oxygen atoms in total. The molecular formula is C19H19F4N3O3. The van der Waals surface area contributed by atoms with E-state index in [9.17, 15) is 22.4 Å². The van der Waals surface area contributed by atoms with Crippen LogP contribution in [0.2, 0.25) is 0 Å². The first-order chi connectivity index (χ1) is 13.7. The average Bonchev–Trinajstić information content (AvgIpc) is 3.14. The van der Waals surface area contributed by atoms with Crippen LogP contribution in [0, 0.1) is 18.7 Å². The molecule has 3 rings (SSSR count). The molecule has 1 aliphatic heterocycles. The maximum absolute atomic E-state index is 13.2. The highest BCUT2D eigenvalue weighted by molar-refractivity contribution is 5.87. The summed E-state index contributed by atoms with van der Waals surface area (Å²) in [5.41, 5.74) is -0.413. The highest BCUT2D eigenvalue weighted by atomic mass is 19.4. The molecule has 1 atom stereocenters.